The normalized spacial score (nSPS) is 13.2. The number of Topliss-reactive ketones (excluding diaryl/α,β-unsaturated/α-hetero) is 1. The largest absolute Gasteiger partial charge is 0.477 e. The SMILES string of the molecule is CC(=O)c1cccc(NC(=O)c2cnn3c2OCCC3)c1. The zero-order valence-electron chi connectivity index (χ0n) is 11.6. The lowest BCUT2D eigenvalue weighted by molar-refractivity contribution is 0.100. The highest BCUT2D eigenvalue weighted by atomic mass is 16.5. The Kier molecular flexibility index (Phi) is 3.43. The summed E-state index contributed by atoms with van der Waals surface area (Å²) in [5.41, 5.74) is 1.53. The zero-order valence-corrected chi connectivity index (χ0v) is 11.6. The molecule has 6 heteroatoms. The zero-order chi connectivity index (χ0) is 14.8. The van der Waals surface area contributed by atoms with Gasteiger partial charge in [0.2, 0.25) is 5.88 Å². The molecule has 2 heterocycles. The van der Waals surface area contributed by atoms with Crippen LogP contribution in [-0.4, -0.2) is 28.1 Å². The standard InChI is InChI=1S/C15H15N3O3/c1-10(19)11-4-2-5-12(8-11)17-14(20)13-9-16-18-6-3-7-21-15(13)18/h2,4-5,8-9H,3,6-7H2,1H3,(H,17,20). The number of nitrogens with zero attached hydrogens (tertiary/aromatic N) is 2. The first-order valence-electron chi connectivity index (χ1n) is 6.76. The maximum Gasteiger partial charge on any atom is 0.262 e. The summed E-state index contributed by atoms with van der Waals surface area (Å²) in [5, 5.41) is 6.91. The maximum absolute atomic E-state index is 12.3. The van der Waals surface area contributed by atoms with Crippen LogP contribution < -0.4 is 10.1 Å². The van der Waals surface area contributed by atoms with E-state index in [1.54, 1.807) is 28.9 Å². The van der Waals surface area contributed by atoms with Crippen LogP contribution in [0.4, 0.5) is 5.69 Å². The Bertz CT molecular complexity index is 706. The van der Waals surface area contributed by atoms with Gasteiger partial charge < -0.3 is 10.1 Å². The number of carbonyl (C=O) groups is 2. The van der Waals surface area contributed by atoms with E-state index in [-0.39, 0.29) is 11.7 Å². The van der Waals surface area contributed by atoms with Gasteiger partial charge in [-0.25, -0.2) is 4.68 Å². The van der Waals surface area contributed by atoms with Gasteiger partial charge in [0.05, 0.1) is 12.8 Å². The van der Waals surface area contributed by atoms with Crippen LogP contribution in [0.25, 0.3) is 0 Å². The van der Waals surface area contributed by atoms with Crippen LogP contribution >= 0.6 is 0 Å². The molecule has 0 bridgehead atoms. The Morgan fingerprint density at radius 3 is 3.05 bits per heavy atom. The molecule has 0 spiro atoms. The van der Waals surface area contributed by atoms with Crippen molar-refractivity contribution in [2.24, 2.45) is 0 Å². The average Bonchev–Trinajstić information content (AvgIpc) is 2.91. The Morgan fingerprint density at radius 2 is 2.24 bits per heavy atom. The molecule has 3 rings (SSSR count). The van der Waals surface area contributed by atoms with E-state index in [1.807, 2.05) is 0 Å². The average molecular weight is 285 g/mol. The van der Waals surface area contributed by atoms with Crippen molar-refractivity contribution < 1.29 is 14.3 Å². The molecule has 1 aliphatic rings. The minimum atomic E-state index is -0.293. The van der Waals surface area contributed by atoms with Gasteiger partial charge in [0.15, 0.2) is 5.78 Å². The summed E-state index contributed by atoms with van der Waals surface area (Å²) in [5.74, 6) is 0.165. The van der Waals surface area contributed by atoms with Gasteiger partial charge in [-0.05, 0) is 19.1 Å². The van der Waals surface area contributed by atoms with Crippen LogP contribution in [0.15, 0.2) is 30.5 Å². The second kappa shape index (κ2) is 5.40. The van der Waals surface area contributed by atoms with Crippen LogP contribution in [0.1, 0.15) is 34.1 Å². The number of ketones is 1. The fourth-order valence-corrected chi connectivity index (χ4v) is 2.24. The van der Waals surface area contributed by atoms with Crippen molar-refractivity contribution in [1.82, 2.24) is 9.78 Å². The second-order valence-corrected chi connectivity index (χ2v) is 4.88. The van der Waals surface area contributed by atoms with E-state index in [9.17, 15) is 9.59 Å². The van der Waals surface area contributed by atoms with Crippen LogP contribution in [0.5, 0.6) is 5.88 Å². The first-order chi connectivity index (χ1) is 10.1. The fourth-order valence-electron chi connectivity index (χ4n) is 2.24. The fraction of sp³-hybridized carbons (Fsp3) is 0.267. The van der Waals surface area contributed by atoms with Gasteiger partial charge in [0.25, 0.3) is 5.91 Å². The van der Waals surface area contributed by atoms with E-state index in [0.29, 0.717) is 29.3 Å². The minimum Gasteiger partial charge on any atom is -0.477 e. The molecule has 0 radical (unpaired) electrons. The third-order valence-corrected chi connectivity index (χ3v) is 3.32. The first kappa shape index (κ1) is 13.4. The van der Waals surface area contributed by atoms with E-state index in [2.05, 4.69) is 10.4 Å². The second-order valence-electron chi connectivity index (χ2n) is 4.88. The van der Waals surface area contributed by atoms with Crippen molar-refractivity contribution in [2.45, 2.75) is 19.9 Å². The number of rotatable bonds is 3. The molecule has 1 N–H and O–H groups in total. The molecular formula is C15H15N3O3. The predicted molar refractivity (Wildman–Crippen MR) is 76.7 cm³/mol. The number of benzene rings is 1. The van der Waals surface area contributed by atoms with Gasteiger partial charge in [-0.2, -0.15) is 5.10 Å². The molecule has 1 aromatic heterocycles. The number of amides is 1. The number of carbonyl (C=O) groups excluding carboxylic acids is 2. The van der Waals surface area contributed by atoms with Crippen LogP contribution in [0, 0.1) is 0 Å². The molecule has 6 nitrogen and oxygen atoms in total. The molecule has 0 fully saturated rings. The number of nitrogens with one attached hydrogen (secondary N) is 1. The van der Waals surface area contributed by atoms with E-state index >= 15 is 0 Å². The van der Waals surface area contributed by atoms with Gasteiger partial charge in [0, 0.05) is 24.2 Å². The molecular weight excluding hydrogens is 270 g/mol. The first-order valence-corrected chi connectivity index (χ1v) is 6.76. The lowest BCUT2D eigenvalue weighted by atomic mass is 10.1. The molecule has 1 amide bonds. The van der Waals surface area contributed by atoms with Crippen molar-refractivity contribution in [3.05, 3.63) is 41.6 Å². The van der Waals surface area contributed by atoms with Crippen molar-refractivity contribution in [2.75, 3.05) is 11.9 Å². The third kappa shape index (κ3) is 2.65. The van der Waals surface area contributed by atoms with Gasteiger partial charge >= 0.3 is 0 Å². The number of hydrogen-bond donors (Lipinski definition) is 1. The van der Waals surface area contributed by atoms with Gasteiger partial charge in [-0.15, -0.1) is 0 Å². The molecule has 0 unspecified atom stereocenters. The predicted octanol–water partition coefficient (Wildman–Crippen LogP) is 2.12. The summed E-state index contributed by atoms with van der Waals surface area (Å²) in [7, 11) is 0. The highest BCUT2D eigenvalue weighted by Gasteiger charge is 2.21. The van der Waals surface area contributed by atoms with Crippen molar-refractivity contribution >= 4 is 17.4 Å². The van der Waals surface area contributed by atoms with Crippen LogP contribution in [0.2, 0.25) is 0 Å². The van der Waals surface area contributed by atoms with Crippen molar-refractivity contribution in [3.8, 4) is 5.88 Å². The molecule has 108 valence electrons. The summed E-state index contributed by atoms with van der Waals surface area (Å²) >= 11 is 0. The van der Waals surface area contributed by atoms with Gasteiger partial charge in [0.1, 0.15) is 5.56 Å². The van der Waals surface area contributed by atoms with Crippen molar-refractivity contribution in [1.29, 1.82) is 0 Å². The molecule has 2 aromatic rings. The summed E-state index contributed by atoms with van der Waals surface area (Å²) in [6, 6.07) is 6.83. The molecule has 0 saturated carbocycles. The maximum atomic E-state index is 12.3. The van der Waals surface area contributed by atoms with Crippen LogP contribution in [0.3, 0.4) is 0 Å². The molecule has 1 aliphatic heterocycles. The highest BCUT2D eigenvalue weighted by Crippen LogP contribution is 2.23. The Labute approximate surface area is 121 Å². The molecule has 0 aliphatic carbocycles. The minimum absolute atomic E-state index is 0.0441. The molecule has 21 heavy (non-hydrogen) atoms. The summed E-state index contributed by atoms with van der Waals surface area (Å²) in [6.07, 6.45) is 2.39. The number of aryl methyl sites for hydroxylation is 1. The smallest absolute Gasteiger partial charge is 0.262 e. The number of fused-ring (bicyclic) bond motifs is 1. The molecule has 0 atom stereocenters. The Morgan fingerprint density at radius 1 is 1.38 bits per heavy atom. The van der Waals surface area contributed by atoms with Crippen LogP contribution in [-0.2, 0) is 6.54 Å². The number of ether oxygens (including phenoxy) is 1. The van der Waals surface area contributed by atoms with E-state index in [4.69, 9.17) is 4.74 Å². The monoisotopic (exact) mass is 285 g/mol. The topological polar surface area (TPSA) is 73.2 Å². The molecule has 0 saturated heterocycles. The third-order valence-electron chi connectivity index (χ3n) is 3.32. The molecule has 1 aromatic carbocycles. The van der Waals surface area contributed by atoms with Crippen molar-refractivity contribution in [3.63, 3.8) is 0 Å². The lowest BCUT2D eigenvalue weighted by Crippen LogP contribution is -2.18. The Balaban J connectivity index is 1.82. The lowest BCUT2D eigenvalue weighted by Gasteiger charge is -2.15. The van der Waals surface area contributed by atoms with E-state index < -0.39 is 0 Å². The van der Waals surface area contributed by atoms with E-state index in [1.165, 1.54) is 13.1 Å². The highest BCUT2D eigenvalue weighted by molar-refractivity contribution is 6.06. The van der Waals surface area contributed by atoms with Gasteiger partial charge in [-0.1, -0.05) is 12.1 Å². The Hall–Kier alpha value is -2.63. The summed E-state index contributed by atoms with van der Waals surface area (Å²) in [4.78, 5) is 23.7. The number of aromatic nitrogens is 2. The van der Waals surface area contributed by atoms with Gasteiger partial charge in [-0.3, -0.25) is 9.59 Å². The number of anilines is 1. The summed E-state index contributed by atoms with van der Waals surface area (Å²) < 4.78 is 7.19. The van der Waals surface area contributed by atoms with E-state index in [0.717, 1.165) is 13.0 Å². The number of hydrogen-bond acceptors (Lipinski definition) is 4. The quantitative estimate of drug-likeness (QED) is 0.877. The summed E-state index contributed by atoms with van der Waals surface area (Å²) in [6.45, 7) is 2.83.